The molecule has 0 bridgehead atoms. The molecule has 2 aliphatic rings. The maximum atomic E-state index is 13.6. The molecule has 1 fully saturated rings. The third kappa shape index (κ3) is 7.50. The second-order valence-corrected chi connectivity index (χ2v) is 10.7. The Balaban J connectivity index is 1.91. The van der Waals surface area contributed by atoms with Gasteiger partial charge in [-0.1, -0.05) is 32.3 Å². The van der Waals surface area contributed by atoms with Crippen LogP contribution in [0.25, 0.3) is 0 Å². The number of ether oxygens (including phenoxy) is 1. The summed E-state index contributed by atoms with van der Waals surface area (Å²) < 4.78 is 6.45. The normalized spacial score (nSPS) is 21.3. The molecule has 3 atom stereocenters. The van der Waals surface area contributed by atoms with E-state index in [4.69, 9.17) is 4.74 Å². The summed E-state index contributed by atoms with van der Waals surface area (Å²) in [5.41, 5.74) is 0.700. The number of likely N-dealkylation sites (N-methyl/N-ethyl adjacent to an activating group) is 1. The number of benzene rings is 1. The van der Waals surface area contributed by atoms with Crippen molar-refractivity contribution in [2.24, 2.45) is 5.92 Å². The lowest BCUT2D eigenvalue weighted by Gasteiger charge is -2.38. The van der Waals surface area contributed by atoms with Gasteiger partial charge in [0.2, 0.25) is 0 Å². The summed E-state index contributed by atoms with van der Waals surface area (Å²) in [6.07, 6.45) is 4.82. The van der Waals surface area contributed by atoms with E-state index in [2.05, 4.69) is 16.0 Å². The fourth-order valence-corrected chi connectivity index (χ4v) is 4.86. The summed E-state index contributed by atoms with van der Waals surface area (Å²) in [6, 6.07) is 4.24. The van der Waals surface area contributed by atoms with Gasteiger partial charge in [-0.2, -0.15) is 0 Å². The van der Waals surface area contributed by atoms with Crippen LogP contribution in [-0.2, 0) is 0 Å². The van der Waals surface area contributed by atoms with Crippen molar-refractivity contribution >= 4 is 23.7 Å². The maximum absolute atomic E-state index is 13.6. The second-order valence-electron chi connectivity index (χ2n) is 10.7. The highest BCUT2D eigenvalue weighted by Gasteiger charge is 2.35. The first-order chi connectivity index (χ1) is 17.6. The minimum absolute atomic E-state index is 0.0108. The number of nitrogens with zero attached hydrogens (tertiary/aromatic N) is 2. The van der Waals surface area contributed by atoms with E-state index in [1.54, 1.807) is 42.0 Å². The summed E-state index contributed by atoms with van der Waals surface area (Å²) in [6.45, 7) is 7.99. The number of anilines is 1. The van der Waals surface area contributed by atoms with Crippen LogP contribution in [-0.4, -0.2) is 83.8 Å². The highest BCUT2D eigenvalue weighted by atomic mass is 16.5. The molecule has 4 N–H and O–H groups in total. The number of urea groups is 2. The largest absolute Gasteiger partial charge is 0.485 e. The van der Waals surface area contributed by atoms with Crippen molar-refractivity contribution in [3.8, 4) is 5.75 Å². The van der Waals surface area contributed by atoms with E-state index in [9.17, 15) is 19.5 Å². The van der Waals surface area contributed by atoms with Gasteiger partial charge in [0, 0.05) is 31.6 Å². The molecule has 5 amide bonds. The van der Waals surface area contributed by atoms with Gasteiger partial charge in [-0.15, -0.1) is 0 Å². The molecule has 206 valence electrons. The smallest absolute Gasteiger partial charge is 0.319 e. The predicted molar refractivity (Wildman–Crippen MR) is 143 cm³/mol. The molecule has 1 aromatic carbocycles. The number of carbonyl (C=O) groups is 3. The van der Waals surface area contributed by atoms with Gasteiger partial charge in [0.25, 0.3) is 5.91 Å². The zero-order chi connectivity index (χ0) is 27.1. The standard InChI is InChI=1S/C27H43N5O5/c1-17(2)28-27(36)31(5)15-23-18(3)14-32(19(4)16-33)25(34)21-12-9-13-22(24(21)37-23)30-26(35)29-20-10-7-6-8-11-20/h9,12-13,17-20,23,33H,6-8,10-11,14-16H2,1-5H3,(H,28,36)(H2,29,30,35)/t18-,19+,23+/m0/s1. The molecule has 0 unspecified atom stereocenters. The number of hydrogen-bond acceptors (Lipinski definition) is 5. The molecule has 10 heteroatoms. The average molecular weight is 518 g/mol. The number of aliphatic hydroxyl groups is 1. The number of para-hydroxylation sites is 1. The van der Waals surface area contributed by atoms with Crippen LogP contribution < -0.4 is 20.7 Å². The van der Waals surface area contributed by atoms with Crippen molar-refractivity contribution in [3.63, 3.8) is 0 Å². The molecule has 1 saturated carbocycles. The van der Waals surface area contributed by atoms with E-state index >= 15 is 0 Å². The summed E-state index contributed by atoms with van der Waals surface area (Å²) in [7, 11) is 1.70. The first-order valence-corrected chi connectivity index (χ1v) is 13.4. The van der Waals surface area contributed by atoms with Crippen LogP contribution in [0, 0.1) is 5.92 Å². The van der Waals surface area contributed by atoms with E-state index in [0.717, 1.165) is 25.7 Å². The van der Waals surface area contributed by atoms with E-state index in [1.807, 2.05) is 20.8 Å². The Morgan fingerprint density at radius 1 is 1.19 bits per heavy atom. The fraction of sp³-hybridized carbons (Fsp3) is 0.667. The molecule has 37 heavy (non-hydrogen) atoms. The topological polar surface area (TPSA) is 123 Å². The molecule has 1 aliphatic heterocycles. The Labute approximate surface area is 220 Å². The van der Waals surface area contributed by atoms with E-state index in [1.165, 1.54) is 6.42 Å². The number of amides is 5. The fourth-order valence-electron chi connectivity index (χ4n) is 4.86. The Hall–Kier alpha value is -3.01. The average Bonchev–Trinajstić information content (AvgIpc) is 2.86. The van der Waals surface area contributed by atoms with E-state index in [-0.39, 0.29) is 54.9 Å². The summed E-state index contributed by atoms with van der Waals surface area (Å²) in [5, 5.41) is 18.7. The monoisotopic (exact) mass is 517 g/mol. The minimum atomic E-state index is -0.465. The molecule has 0 aromatic heterocycles. The van der Waals surface area contributed by atoms with E-state index < -0.39 is 12.1 Å². The van der Waals surface area contributed by atoms with Crippen molar-refractivity contribution in [2.75, 3.05) is 32.1 Å². The first kappa shape index (κ1) is 28.6. The molecular weight excluding hydrogens is 474 g/mol. The molecule has 1 aliphatic carbocycles. The zero-order valence-corrected chi connectivity index (χ0v) is 22.8. The lowest BCUT2D eigenvalue weighted by Crippen LogP contribution is -2.51. The third-order valence-corrected chi connectivity index (χ3v) is 7.09. The van der Waals surface area contributed by atoms with Crippen molar-refractivity contribution in [1.82, 2.24) is 20.4 Å². The van der Waals surface area contributed by atoms with Crippen LogP contribution in [0.15, 0.2) is 18.2 Å². The van der Waals surface area contributed by atoms with Gasteiger partial charge in [-0.05, 0) is 45.7 Å². The van der Waals surface area contributed by atoms with Gasteiger partial charge in [0.05, 0.1) is 30.4 Å². The Morgan fingerprint density at radius 2 is 1.89 bits per heavy atom. The highest BCUT2D eigenvalue weighted by molar-refractivity contribution is 6.01. The quantitative estimate of drug-likeness (QED) is 0.441. The second kappa shape index (κ2) is 13.0. The molecular formula is C27H43N5O5. The lowest BCUT2D eigenvalue weighted by molar-refractivity contribution is 0.0368. The number of hydrogen-bond donors (Lipinski definition) is 4. The van der Waals surface area contributed by atoms with E-state index in [0.29, 0.717) is 17.8 Å². The van der Waals surface area contributed by atoms with Gasteiger partial charge >= 0.3 is 12.1 Å². The van der Waals surface area contributed by atoms with Gasteiger partial charge in [0.15, 0.2) is 5.75 Å². The molecule has 3 rings (SSSR count). The molecule has 0 spiro atoms. The van der Waals surface area contributed by atoms with Gasteiger partial charge in [-0.25, -0.2) is 9.59 Å². The van der Waals surface area contributed by atoms with Crippen molar-refractivity contribution < 1.29 is 24.2 Å². The number of rotatable bonds is 7. The number of carbonyl (C=O) groups excluding carboxylic acids is 3. The van der Waals surface area contributed by atoms with Crippen LogP contribution in [0.4, 0.5) is 15.3 Å². The molecule has 0 saturated heterocycles. The summed E-state index contributed by atoms with van der Waals surface area (Å²) in [5.74, 6) is -0.163. The summed E-state index contributed by atoms with van der Waals surface area (Å²) >= 11 is 0. The number of nitrogens with one attached hydrogen (secondary N) is 3. The zero-order valence-electron chi connectivity index (χ0n) is 22.8. The SMILES string of the molecule is CC(C)NC(=O)N(C)C[C@H]1Oc2c(NC(=O)NC3CCCCC3)cccc2C(=O)N([C@H](C)CO)C[C@@H]1C. The number of aliphatic hydroxyl groups excluding tert-OH is 1. The van der Waals surface area contributed by atoms with Crippen LogP contribution in [0.5, 0.6) is 5.75 Å². The van der Waals surface area contributed by atoms with Crippen molar-refractivity contribution in [3.05, 3.63) is 23.8 Å². The molecule has 1 aromatic rings. The van der Waals surface area contributed by atoms with Crippen molar-refractivity contribution in [1.29, 1.82) is 0 Å². The Bertz CT molecular complexity index is 949. The van der Waals surface area contributed by atoms with Gasteiger partial charge < -0.3 is 35.6 Å². The Kier molecular flexibility index (Phi) is 10.0. The summed E-state index contributed by atoms with van der Waals surface area (Å²) in [4.78, 5) is 42.3. The molecule has 1 heterocycles. The number of fused-ring (bicyclic) bond motifs is 1. The van der Waals surface area contributed by atoms with Crippen LogP contribution >= 0.6 is 0 Å². The Morgan fingerprint density at radius 3 is 2.54 bits per heavy atom. The van der Waals surface area contributed by atoms with Crippen LogP contribution in [0.3, 0.4) is 0 Å². The van der Waals surface area contributed by atoms with Gasteiger partial charge in [0.1, 0.15) is 6.10 Å². The third-order valence-electron chi connectivity index (χ3n) is 7.09. The minimum Gasteiger partial charge on any atom is -0.485 e. The molecule has 0 radical (unpaired) electrons. The van der Waals surface area contributed by atoms with Crippen molar-refractivity contribution in [2.45, 2.75) is 84.0 Å². The molecule has 10 nitrogen and oxygen atoms in total. The van der Waals surface area contributed by atoms with Gasteiger partial charge in [-0.3, -0.25) is 4.79 Å². The first-order valence-electron chi connectivity index (χ1n) is 13.4. The lowest BCUT2D eigenvalue weighted by atomic mass is 9.96. The van der Waals surface area contributed by atoms with Crippen LogP contribution in [0.2, 0.25) is 0 Å². The highest BCUT2D eigenvalue weighted by Crippen LogP contribution is 2.35. The maximum Gasteiger partial charge on any atom is 0.319 e. The predicted octanol–water partition coefficient (Wildman–Crippen LogP) is 3.41. The van der Waals surface area contributed by atoms with Crippen LogP contribution in [0.1, 0.15) is 70.2 Å².